The molecule has 0 heterocycles. The van der Waals surface area contributed by atoms with Crippen molar-refractivity contribution in [1.29, 1.82) is 0 Å². The molecule has 0 saturated carbocycles. The molecule has 144 valence electrons. The van der Waals surface area contributed by atoms with Crippen molar-refractivity contribution in [2.24, 2.45) is 0 Å². The van der Waals surface area contributed by atoms with Crippen molar-refractivity contribution in [3.63, 3.8) is 0 Å². The number of carbonyl (C=O) groups excluding carboxylic acids is 1. The second kappa shape index (κ2) is 9.77. The van der Waals surface area contributed by atoms with Gasteiger partial charge in [0, 0.05) is 5.56 Å². The van der Waals surface area contributed by atoms with E-state index in [0.29, 0.717) is 11.1 Å². The van der Waals surface area contributed by atoms with Crippen LogP contribution in [0, 0.1) is 11.6 Å². The van der Waals surface area contributed by atoms with Gasteiger partial charge in [-0.05, 0) is 36.2 Å². The van der Waals surface area contributed by atoms with Gasteiger partial charge in [0.05, 0.1) is 0 Å². The van der Waals surface area contributed by atoms with Crippen LogP contribution < -0.4 is 0 Å². The van der Waals surface area contributed by atoms with Crippen LogP contribution in [0.25, 0.3) is 0 Å². The van der Waals surface area contributed by atoms with Crippen molar-refractivity contribution in [3.05, 3.63) is 107 Å². The smallest absolute Gasteiger partial charge is 0.149 e. The van der Waals surface area contributed by atoms with Crippen molar-refractivity contribution in [2.45, 2.75) is 34.6 Å². The Morgan fingerprint density at radius 3 is 1.70 bits per heavy atom. The van der Waals surface area contributed by atoms with Crippen LogP contribution in [0.15, 0.2) is 78.9 Å². The maximum Gasteiger partial charge on any atom is 0.149 e. The first-order valence-electron chi connectivity index (χ1n) is 7.64. The Labute approximate surface area is 161 Å². The van der Waals surface area contributed by atoms with E-state index < -0.39 is 17.0 Å². The van der Waals surface area contributed by atoms with Gasteiger partial charge < -0.3 is 0 Å². The fourth-order valence-electron chi connectivity index (χ4n) is 3.23. The summed E-state index contributed by atoms with van der Waals surface area (Å²) in [5.74, 6) is -1.11. The minimum atomic E-state index is -1.32. The van der Waals surface area contributed by atoms with Crippen LogP contribution in [0.3, 0.4) is 0 Å². The van der Waals surface area contributed by atoms with Crippen LogP contribution in [-0.4, -0.2) is 5.78 Å². The van der Waals surface area contributed by atoms with Crippen LogP contribution in [0.1, 0.15) is 45.9 Å². The average Bonchev–Trinajstić information content (AvgIpc) is 2.59. The molecule has 0 aliphatic carbocycles. The summed E-state index contributed by atoms with van der Waals surface area (Å²) in [6.07, 6.45) is 0. The summed E-state index contributed by atoms with van der Waals surface area (Å²) in [7, 11) is 0. The maximum absolute atomic E-state index is 14.7. The number of halogens is 2. The van der Waals surface area contributed by atoms with Gasteiger partial charge in [0.2, 0.25) is 0 Å². The number of carbonyl (C=O) groups is 1. The summed E-state index contributed by atoms with van der Waals surface area (Å²) >= 11 is 0. The molecule has 0 aliphatic rings. The monoisotopic (exact) mass is 370 g/mol. The first-order chi connectivity index (χ1) is 11.6. The van der Waals surface area contributed by atoms with Crippen LogP contribution in [0.4, 0.5) is 8.78 Å². The lowest BCUT2D eigenvalue weighted by molar-refractivity contribution is -0.120. The maximum atomic E-state index is 14.7. The lowest BCUT2D eigenvalue weighted by atomic mass is 9.67. The lowest BCUT2D eigenvalue weighted by Crippen LogP contribution is -2.37. The number of benzene rings is 3. The van der Waals surface area contributed by atoms with Crippen molar-refractivity contribution in [3.8, 4) is 0 Å². The van der Waals surface area contributed by atoms with E-state index in [0.717, 1.165) is 0 Å². The molecule has 1 nitrogen and oxygen atoms in total. The summed E-state index contributed by atoms with van der Waals surface area (Å²) in [5, 5.41) is 0. The molecule has 0 aliphatic heterocycles. The molecule has 0 saturated heterocycles. The highest BCUT2D eigenvalue weighted by atomic mass is 19.1. The molecule has 0 bridgehead atoms. The predicted octanol–water partition coefficient (Wildman–Crippen LogP) is 6.80. The third kappa shape index (κ3) is 4.13. The Balaban J connectivity index is 0.00000225. The number of Topliss-reactive ketones (excluding diaryl/α,β-unsaturated/α-hetero) is 1. The standard InChI is InChI=1S/C21H16F2O.3CH4/c1-15(24)21(16-7-3-2-4-8-16,17-11-13-18(22)14-12-17)19-9-5-6-10-20(19)23;;;/h2-14H,1H3;3*1H4/t21-;;;/m0.../s1. The molecule has 3 rings (SSSR count). The summed E-state index contributed by atoms with van der Waals surface area (Å²) in [6.45, 7) is 1.43. The van der Waals surface area contributed by atoms with Gasteiger partial charge in [0.25, 0.3) is 0 Å². The van der Waals surface area contributed by atoms with Gasteiger partial charge in [0.1, 0.15) is 22.8 Å². The molecule has 0 aromatic heterocycles. The number of ketones is 1. The third-order valence-electron chi connectivity index (χ3n) is 4.29. The van der Waals surface area contributed by atoms with E-state index >= 15 is 0 Å². The van der Waals surface area contributed by atoms with Crippen molar-refractivity contribution in [1.82, 2.24) is 0 Å². The van der Waals surface area contributed by atoms with Gasteiger partial charge in [-0.3, -0.25) is 4.79 Å². The highest BCUT2D eigenvalue weighted by Crippen LogP contribution is 2.41. The lowest BCUT2D eigenvalue weighted by Gasteiger charge is -2.33. The van der Waals surface area contributed by atoms with Crippen LogP contribution in [0.2, 0.25) is 0 Å². The molecule has 0 amide bonds. The Kier molecular flexibility index (Phi) is 8.75. The minimum absolute atomic E-state index is 0. The Bertz CT molecular complexity index is 857. The van der Waals surface area contributed by atoms with E-state index in [9.17, 15) is 13.6 Å². The highest BCUT2D eigenvalue weighted by molar-refractivity contribution is 5.96. The molecular weight excluding hydrogens is 342 g/mol. The summed E-state index contributed by atoms with van der Waals surface area (Å²) in [5.41, 5.74) is 0.123. The molecule has 3 aromatic rings. The Morgan fingerprint density at radius 1 is 0.704 bits per heavy atom. The normalized spacial score (nSPS) is 11.8. The second-order valence-electron chi connectivity index (χ2n) is 5.66. The Morgan fingerprint density at radius 2 is 1.19 bits per heavy atom. The molecule has 0 N–H and O–H groups in total. The third-order valence-corrected chi connectivity index (χ3v) is 4.29. The van der Waals surface area contributed by atoms with E-state index in [1.165, 1.54) is 37.3 Å². The van der Waals surface area contributed by atoms with Gasteiger partial charge in [-0.1, -0.05) is 82.9 Å². The molecule has 0 spiro atoms. The van der Waals surface area contributed by atoms with E-state index in [4.69, 9.17) is 0 Å². The van der Waals surface area contributed by atoms with Crippen molar-refractivity contribution < 1.29 is 13.6 Å². The quantitative estimate of drug-likeness (QED) is 0.462. The second-order valence-corrected chi connectivity index (χ2v) is 5.66. The van der Waals surface area contributed by atoms with E-state index in [2.05, 4.69) is 0 Å². The van der Waals surface area contributed by atoms with Gasteiger partial charge in [-0.15, -0.1) is 0 Å². The van der Waals surface area contributed by atoms with Crippen molar-refractivity contribution >= 4 is 5.78 Å². The largest absolute Gasteiger partial charge is 0.298 e. The van der Waals surface area contributed by atoms with Crippen molar-refractivity contribution in [2.75, 3.05) is 0 Å². The molecule has 0 fully saturated rings. The topological polar surface area (TPSA) is 17.1 Å². The molecule has 27 heavy (non-hydrogen) atoms. The van der Waals surface area contributed by atoms with Crippen LogP contribution >= 0.6 is 0 Å². The summed E-state index contributed by atoms with van der Waals surface area (Å²) in [6, 6.07) is 20.9. The molecule has 3 heteroatoms. The molecular formula is C24H28F2O. The van der Waals surface area contributed by atoms with E-state index in [-0.39, 0.29) is 33.6 Å². The SMILES string of the molecule is C.C.C.CC(=O)[C@](c1ccccc1)(c1ccc(F)cc1)c1ccccc1F. The van der Waals surface area contributed by atoms with E-state index in [1.54, 1.807) is 42.5 Å². The zero-order valence-corrected chi connectivity index (χ0v) is 13.2. The van der Waals surface area contributed by atoms with Crippen LogP contribution in [-0.2, 0) is 10.2 Å². The first kappa shape index (κ1) is 24.2. The fraction of sp³-hybridized carbons (Fsp3) is 0.208. The zero-order chi connectivity index (χ0) is 17.2. The first-order valence-corrected chi connectivity index (χ1v) is 7.64. The number of rotatable bonds is 4. The van der Waals surface area contributed by atoms with Gasteiger partial charge in [0.15, 0.2) is 0 Å². The molecule has 0 unspecified atom stereocenters. The van der Waals surface area contributed by atoms with Crippen LogP contribution in [0.5, 0.6) is 0 Å². The van der Waals surface area contributed by atoms with Gasteiger partial charge >= 0.3 is 0 Å². The fourth-order valence-corrected chi connectivity index (χ4v) is 3.23. The number of hydrogen-bond acceptors (Lipinski definition) is 1. The minimum Gasteiger partial charge on any atom is -0.298 e. The summed E-state index contributed by atoms with van der Waals surface area (Å²) < 4.78 is 28.1. The highest BCUT2D eigenvalue weighted by Gasteiger charge is 2.42. The average molecular weight is 370 g/mol. The number of hydrogen-bond donors (Lipinski definition) is 0. The van der Waals surface area contributed by atoms with Gasteiger partial charge in [-0.25, -0.2) is 8.78 Å². The molecule has 3 aromatic carbocycles. The van der Waals surface area contributed by atoms with E-state index in [1.807, 2.05) is 6.07 Å². The molecule has 0 radical (unpaired) electrons. The molecule has 1 atom stereocenters. The predicted molar refractivity (Wildman–Crippen MR) is 110 cm³/mol. The zero-order valence-electron chi connectivity index (χ0n) is 13.2. The summed E-state index contributed by atoms with van der Waals surface area (Å²) in [4.78, 5) is 12.8. The van der Waals surface area contributed by atoms with Gasteiger partial charge in [-0.2, -0.15) is 0 Å². The Hall–Kier alpha value is -2.81.